The smallest absolute Gasteiger partial charge is 0.293 e. The van der Waals surface area contributed by atoms with Crippen LogP contribution in [0.5, 0.6) is 11.5 Å². The number of hydrogen-bond acceptors (Lipinski definition) is 6. The average molecular weight is 374 g/mol. The number of thioether (sulfide) groups is 1. The minimum Gasteiger partial charge on any atom is -0.454 e. The molecule has 0 bridgehead atoms. The van der Waals surface area contributed by atoms with Crippen molar-refractivity contribution in [2.45, 2.75) is 13.3 Å². The molecule has 2 heterocycles. The Labute approximate surface area is 154 Å². The van der Waals surface area contributed by atoms with Crippen LogP contribution in [0.2, 0.25) is 0 Å². The quantitative estimate of drug-likeness (QED) is 0.796. The molecule has 3 aliphatic rings. The standard InChI is InChI=1S/C18H18N2O5S/c1-10-6-12(10)16(21)19-4-5-20-17(22)15(26-18(20)23)8-11-2-3-13-14(7-11)25-9-24-13/h2-3,7-8,10,12H,4-6,9H2,1H3,(H,19,21)/b15-8-/t10-,12-/m0/s1. The molecule has 1 aliphatic carbocycles. The second-order valence-electron chi connectivity index (χ2n) is 6.56. The van der Waals surface area contributed by atoms with Gasteiger partial charge in [0.15, 0.2) is 11.5 Å². The number of benzene rings is 1. The zero-order chi connectivity index (χ0) is 18.3. The minimum atomic E-state index is -0.341. The van der Waals surface area contributed by atoms with E-state index in [1.807, 2.05) is 6.92 Å². The van der Waals surface area contributed by atoms with E-state index in [9.17, 15) is 14.4 Å². The van der Waals surface area contributed by atoms with Gasteiger partial charge in [-0.25, -0.2) is 0 Å². The first kappa shape index (κ1) is 17.0. The summed E-state index contributed by atoms with van der Waals surface area (Å²) in [4.78, 5) is 37.9. The van der Waals surface area contributed by atoms with E-state index >= 15 is 0 Å². The second kappa shape index (κ2) is 6.68. The summed E-state index contributed by atoms with van der Waals surface area (Å²) < 4.78 is 10.6. The van der Waals surface area contributed by atoms with Crippen LogP contribution in [0.3, 0.4) is 0 Å². The van der Waals surface area contributed by atoms with Crippen LogP contribution in [0.4, 0.5) is 4.79 Å². The number of carbonyl (C=O) groups is 3. The Morgan fingerprint density at radius 3 is 2.88 bits per heavy atom. The summed E-state index contributed by atoms with van der Waals surface area (Å²) in [7, 11) is 0. The molecule has 0 unspecified atom stereocenters. The summed E-state index contributed by atoms with van der Waals surface area (Å²) in [6, 6.07) is 5.35. The maximum atomic E-state index is 12.5. The molecule has 2 atom stereocenters. The molecule has 26 heavy (non-hydrogen) atoms. The molecule has 3 amide bonds. The molecule has 0 radical (unpaired) electrons. The lowest BCUT2D eigenvalue weighted by Gasteiger charge is -2.12. The molecule has 1 aromatic rings. The highest BCUT2D eigenvalue weighted by Crippen LogP contribution is 2.38. The number of hydrogen-bond donors (Lipinski definition) is 1. The lowest BCUT2D eigenvalue weighted by atomic mass is 10.2. The fraction of sp³-hybridized carbons (Fsp3) is 0.389. The van der Waals surface area contributed by atoms with Gasteiger partial charge in [-0.05, 0) is 47.9 Å². The van der Waals surface area contributed by atoms with E-state index in [0.717, 1.165) is 23.7 Å². The van der Waals surface area contributed by atoms with Gasteiger partial charge in [0.2, 0.25) is 12.7 Å². The van der Waals surface area contributed by atoms with Gasteiger partial charge in [-0.3, -0.25) is 19.3 Å². The third-order valence-electron chi connectivity index (χ3n) is 4.65. The molecule has 1 saturated heterocycles. The van der Waals surface area contributed by atoms with Crippen molar-refractivity contribution in [1.82, 2.24) is 10.2 Å². The van der Waals surface area contributed by atoms with Gasteiger partial charge in [-0.15, -0.1) is 0 Å². The van der Waals surface area contributed by atoms with Gasteiger partial charge in [-0.1, -0.05) is 13.0 Å². The molecule has 1 saturated carbocycles. The van der Waals surface area contributed by atoms with Crippen molar-refractivity contribution in [2.75, 3.05) is 19.9 Å². The normalized spacial score (nSPS) is 25.1. The van der Waals surface area contributed by atoms with Gasteiger partial charge in [0.1, 0.15) is 0 Å². The van der Waals surface area contributed by atoms with E-state index in [0.29, 0.717) is 22.3 Å². The van der Waals surface area contributed by atoms with Crippen LogP contribution in [-0.2, 0) is 9.59 Å². The molecule has 1 aromatic carbocycles. The summed E-state index contributed by atoms with van der Waals surface area (Å²) >= 11 is 0.902. The van der Waals surface area contributed by atoms with Gasteiger partial charge in [0.05, 0.1) is 4.91 Å². The van der Waals surface area contributed by atoms with Crippen LogP contribution < -0.4 is 14.8 Å². The molecular weight excluding hydrogens is 356 g/mol. The highest BCUT2D eigenvalue weighted by Gasteiger charge is 2.39. The molecule has 7 nitrogen and oxygen atoms in total. The Morgan fingerprint density at radius 1 is 1.35 bits per heavy atom. The fourth-order valence-electron chi connectivity index (χ4n) is 2.96. The average Bonchev–Trinajstić information content (AvgIpc) is 3.07. The first-order chi connectivity index (χ1) is 12.5. The summed E-state index contributed by atoms with van der Waals surface area (Å²) in [6.45, 7) is 2.66. The maximum absolute atomic E-state index is 12.5. The monoisotopic (exact) mass is 374 g/mol. The number of fused-ring (bicyclic) bond motifs is 1. The number of imide groups is 1. The van der Waals surface area contributed by atoms with Crippen LogP contribution >= 0.6 is 11.8 Å². The number of rotatable bonds is 5. The van der Waals surface area contributed by atoms with E-state index < -0.39 is 0 Å². The van der Waals surface area contributed by atoms with Crippen molar-refractivity contribution < 1.29 is 23.9 Å². The van der Waals surface area contributed by atoms with Crippen molar-refractivity contribution in [1.29, 1.82) is 0 Å². The summed E-state index contributed by atoms with van der Waals surface area (Å²) in [6.07, 6.45) is 2.57. The highest BCUT2D eigenvalue weighted by atomic mass is 32.2. The predicted octanol–water partition coefficient (Wildman–Crippen LogP) is 2.22. The van der Waals surface area contributed by atoms with E-state index in [1.54, 1.807) is 24.3 Å². The third-order valence-corrected chi connectivity index (χ3v) is 5.56. The number of carbonyl (C=O) groups excluding carboxylic acids is 3. The van der Waals surface area contributed by atoms with Crippen LogP contribution in [0, 0.1) is 11.8 Å². The number of nitrogens with one attached hydrogen (secondary N) is 1. The Hall–Kier alpha value is -2.48. The topological polar surface area (TPSA) is 84.9 Å². The zero-order valence-electron chi connectivity index (χ0n) is 14.2. The lowest BCUT2D eigenvalue weighted by molar-refractivity contribution is -0.125. The Balaban J connectivity index is 1.38. The van der Waals surface area contributed by atoms with Crippen LogP contribution in [0.25, 0.3) is 6.08 Å². The molecule has 8 heteroatoms. The largest absolute Gasteiger partial charge is 0.454 e. The first-order valence-electron chi connectivity index (χ1n) is 8.45. The van der Waals surface area contributed by atoms with Crippen molar-refractivity contribution in [3.05, 3.63) is 28.7 Å². The van der Waals surface area contributed by atoms with E-state index in [4.69, 9.17) is 9.47 Å². The SMILES string of the molecule is C[C@H]1C[C@@H]1C(=O)NCCN1C(=O)S/C(=C\c2ccc3c(c2)OCO3)C1=O. The fourth-order valence-corrected chi connectivity index (χ4v) is 3.82. The highest BCUT2D eigenvalue weighted by molar-refractivity contribution is 8.18. The molecule has 0 spiro atoms. The van der Waals surface area contributed by atoms with Crippen molar-refractivity contribution in [2.24, 2.45) is 11.8 Å². The van der Waals surface area contributed by atoms with Crippen molar-refractivity contribution in [3.8, 4) is 11.5 Å². The molecule has 1 N–H and O–H groups in total. The Bertz CT molecular complexity index is 822. The third kappa shape index (κ3) is 3.29. The van der Waals surface area contributed by atoms with Gasteiger partial charge < -0.3 is 14.8 Å². The predicted molar refractivity (Wildman–Crippen MR) is 95.5 cm³/mol. The number of nitrogens with zero attached hydrogens (tertiary/aromatic N) is 1. The summed E-state index contributed by atoms with van der Waals surface area (Å²) in [5.74, 6) is 1.45. The minimum absolute atomic E-state index is 0.000346. The lowest BCUT2D eigenvalue weighted by Crippen LogP contribution is -2.37. The van der Waals surface area contributed by atoms with Crippen LogP contribution in [0.1, 0.15) is 18.9 Å². The molecule has 2 aliphatic heterocycles. The molecule has 136 valence electrons. The maximum Gasteiger partial charge on any atom is 0.293 e. The van der Waals surface area contributed by atoms with E-state index in [1.165, 1.54) is 4.90 Å². The number of ether oxygens (including phenoxy) is 2. The van der Waals surface area contributed by atoms with Crippen molar-refractivity contribution in [3.63, 3.8) is 0 Å². The molecular formula is C18H18N2O5S. The van der Waals surface area contributed by atoms with E-state index in [-0.39, 0.29) is 42.9 Å². The summed E-state index contributed by atoms with van der Waals surface area (Å²) in [5.41, 5.74) is 0.760. The van der Waals surface area contributed by atoms with Crippen molar-refractivity contribution >= 4 is 34.9 Å². The molecule has 4 rings (SSSR count). The van der Waals surface area contributed by atoms with Gasteiger partial charge in [0.25, 0.3) is 11.1 Å². The second-order valence-corrected chi connectivity index (χ2v) is 7.55. The summed E-state index contributed by atoms with van der Waals surface area (Å²) in [5, 5.41) is 2.47. The van der Waals surface area contributed by atoms with Crippen LogP contribution in [0.15, 0.2) is 23.1 Å². The number of amides is 3. The Kier molecular flexibility index (Phi) is 4.36. The van der Waals surface area contributed by atoms with Gasteiger partial charge >= 0.3 is 0 Å². The van der Waals surface area contributed by atoms with Crippen LogP contribution in [-0.4, -0.2) is 41.8 Å². The Morgan fingerprint density at radius 2 is 2.12 bits per heavy atom. The molecule has 0 aromatic heterocycles. The van der Waals surface area contributed by atoms with Gasteiger partial charge in [0, 0.05) is 19.0 Å². The van der Waals surface area contributed by atoms with E-state index in [2.05, 4.69) is 5.32 Å². The van der Waals surface area contributed by atoms with Gasteiger partial charge in [-0.2, -0.15) is 0 Å². The first-order valence-corrected chi connectivity index (χ1v) is 9.27. The zero-order valence-corrected chi connectivity index (χ0v) is 15.0. The molecule has 2 fully saturated rings.